The Bertz CT molecular complexity index is 2590. The fourth-order valence-electron chi connectivity index (χ4n) is 7.54. The molecule has 62 heavy (non-hydrogen) atoms. The molecule has 0 N–H and O–H groups in total. The fourth-order valence-corrected chi connectivity index (χ4v) is 7.54. The van der Waals surface area contributed by atoms with Crippen molar-refractivity contribution in [2.45, 2.75) is 67.5 Å². The summed E-state index contributed by atoms with van der Waals surface area (Å²) in [4.78, 5) is 0. The van der Waals surface area contributed by atoms with Crippen LogP contribution >= 0.6 is 17.0 Å². The summed E-state index contributed by atoms with van der Waals surface area (Å²) in [5.41, 5.74) is 11.6. The van der Waals surface area contributed by atoms with Gasteiger partial charge in [0.2, 0.25) is 0 Å². The van der Waals surface area contributed by atoms with Crippen molar-refractivity contribution in [3.05, 3.63) is 131 Å². The van der Waals surface area contributed by atoms with Crippen molar-refractivity contribution in [1.82, 2.24) is 0 Å². The Kier molecular flexibility index (Phi) is 15.8. The third kappa shape index (κ3) is 10.5. The minimum absolute atomic E-state index is 0.224. The zero-order chi connectivity index (χ0) is 44.8. The van der Waals surface area contributed by atoms with Gasteiger partial charge < -0.3 is 27.8 Å². The Morgan fingerprint density at radius 1 is 0.532 bits per heavy atom. The summed E-state index contributed by atoms with van der Waals surface area (Å²) in [6.45, 7) is 16.9. The molecule has 0 radical (unpaired) electrons. The van der Waals surface area contributed by atoms with Crippen molar-refractivity contribution in [2.75, 3.05) is 28.4 Å². The summed E-state index contributed by atoms with van der Waals surface area (Å²) < 4.78 is 33.9. The maximum absolute atomic E-state index is 5.97. The van der Waals surface area contributed by atoms with E-state index in [1.807, 2.05) is 26.0 Å². The third-order valence-electron chi connectivity index (χ3n) is 11.3. The van der Waals surface area contributed by atoms with Gasteiger partial charge in [-0.1, -0.05) is 48.2 Å². The van der Waals surface area contributed by atoms with Gasteiger partial charge in [0.25, 0.3) is 0 Å². The molecule has 0 unspecified atom stereocenters. The molecular formula is C52H56Cl2O6SiZr-2. The Balaban J connectivity index is 0.000000183. The third-order valence-corrected chi connectivity index (χ3v) is 31.0. The first-order valence-electron chi connectivity index (χ1n) is 20.8. The molecule has 6 aromatic carbocycles. The van der Waals surface area contributed by atoms with Crippen LogP contribution in [0.2, 0.25) is 13.1 Å². The van der Waals surface area contributed by atoms with Crippen LogP contribution in [0.1, 0.15) is 47.6 Å². The van der Waals surface area contributed by atoms with E-state index in [0.717, 1.165) is 81.1 Å². The van der Waals surface area contributed by atoms with Crippen LogP contribution in [0.25, 0.3) is 66.4 Å². The fraction of sp³-hybridized carbons (Fsp3) is 0.269. The number of halogens is 2. The van der Waals surface area contributed by atoms with Gasteiger partial charge in [-0.05, 0) is 110 Å². The van der Waals surface area contributed by atoms with Crippen LogP contribution in [-0.2, 0) is 30.8 Å². The van der Waals surface area contributed by atoms with Crippen LogP contribution in [0.4, 0.5) is 0 Å². The van der Waals surface area contributed by atoms with Crippen LogP contribution in [0.5, 0.6) is 23.0 Å². The van der Waals surface area contributed by atoms with Crippen LogP contribution in [0, 0.1) is 27.7 Å². The van der Waals surface area contributed by atoms with E-state index in [2.05, 4.69) is 126 Å². The summed E-state index contributed by atoms with van der Waals surface area (Å²) in [6.07, 6.45) is 1.90. The first-order valence-corrected chi connectivity index (χ1v) is 33.3. The van der Waals surface area contributed by atoms with E-state index in [1.165, 1.54) is 54.9 Å². The van der Waals surface area contributed by atoms with Crippen molar-refractivity contribution < 1.29 is 45.8 Å². The topological polar surface area (TPSA) is 63.2 Å². The molecule has 0 aliphatic heterocycles. The minimum atomic E-state index is -1.65. The number of furan rings is 2. The van der Waals surface area contributed by atoms with Crippen LogP contribution in [0.15, 0.2) is 106 Å². The number of methoxy groups -OCH3 is 4. The summed E-state index contributed by atoms with van der Waals surface area (Å²) in [5.74, 6) is 6.92. The molecule has 0 fully saturated rings. The number of ether oxygens (including phenoxy) is 4. The van der Waals surface area contributed by atoms with Crippen molar-refractivity contribution in [1.29, 1.82) is 0 Å². The molecule has 0 aliphatic carbocycles. The molecule has 10 heteroatoms. The second kappa shape index (κ2) is 20.8. The molecule has 0 amide bonds. The van der Waals surface area contributed by atoms with Gasteiger partial charge in [-0.2, -0.15) is 0 Å². The molecule has 8 rings (SSSR count). The zero-order valence-electron chi connectivity index (χ0n) is 37.9. The number of fused-ring (bicyclic) bond motifs is 2. The molecule has 0 saturated heterocycles. The number of benzene rings is 4. The number of rotatable bonds is 10. The standard InChI is InChI=1S/2C25H25O3.C2H6Si.2ClH.Zr/c2*1-6-17-7-8-18-10-19(24-9-15(2)16(3)28-24)13-23(18)25(17)20-11-21(26-4)14-22(12-20)27-5;1-3-2;;;/h2*7-14H,6H2,1-5H3;1-2H3;2*1H;/q2*-1;;;;+2/p-2. The molecule has 0 spiro atoms. The average molecular weight is 967 g/mol. The molecular weight excluding hydrogens is 911 g/mol. The molecule has 0 aliphatic rings. The normalized spacial score (nSPS) is 10.9. The number of hydrogen-bond donors (Lipinski definition) is 0. The van der Waals surface area contributed by atoms with Crippen LogP contribution < -0.4 is 18.9 Å². The summed E-state index contributed by atoms with van der Waals surface area (Å²) >= 11 is -1.65. The van der Waals surface area contributed by atoms with Crippen molar-refractivity contribution in [2.24, 2.45) is 0 Å². The SMILES string of the molecule is CCc1ccc2[cH-]c(-c3cc(C)c(C)o3)cc2c1-c1cc(OC)cc(OC)c1.CCc1ccc2[cH-]c(-c3cc(C)c(C)o3)cc2c1-c1cc(OC)cc(OC)c1.C[Si](C)=[Zr]([Cl])[Cl]. The molecule has 0 saturated carbocycles. The van der Waals surface area contributed by atoms with E-state index < -0.39 is 18.0 Å². The van der Waals surface area contributed by atoms with Crippen LogP contribution in [0.3, 0.4) is 0 Å². The quantitative estimate of drug-likeness (QED) is 0.101. The van der Waals surface area contributed by atoms with E-state index in [-0.39, 0.29) is 5.43 Å². The van der Waals surface area contributed by atoms with E-state index in [1.54, 1.807) is 28.4 Å². The van der Waals surface area contributed by atoms with Crippen molar-refractivity contribution in [3.8, 4) is 67.9 Å². The Hall–Kier alpha value is -4.46. The summed E-state index contributed by atoms with van der Waals surface area (Å²) in [5, 5.41) is 4.85. The van der Waals surface area contributed by atoms with Gasteiger partial charge >= 0.3 is 53.5 Å². The van der Waals surface area contributed by atoms with E-state index in [0.29, 0.717) is 0 Å². The van der Waals surface area contributed by atoms with Gasteiger partial charge in [-0.25, -0.2) is 0 Å². The van der Waals surface area contributed by atoms with Crippen molar-refractivity contribution >= 4 is 44.0 Å². The van der Waals surface area contributed by atoms with Crippen molar-refractivity contribution in [3.63, 3.8) is 0 Å². The number of aryl methyl sites for hydroxylation is 6. The van der Waals surface area contributed by atoms with Gasteiger partial charge in [-0.15, -0.1) is 57.9 Å². The molecule has 0 bridgehead atoms. The predicted molar refractivity (Wildman–Crippen MR) is 258 cm³/mol. The summed E-state index contributed by atoms with van der Waals surface area (Å²) in [6, 6.07) is 34.0. The Morgan fingerprint density at radius 3 is 1.13 bits per heavy atom. The Labute approximate surface area is 381 Å². The van der Waals surface area contributed by atoms with Crippen LogP contribution in [-0.4, -0.2) is 33.9 Å². The Morgan fingerprint density at radius 2 is 0.871 bits per heavy atom. The van der Waals surface area contributed by atoms with E-state index >= 15 is 0 Å². The molecule has 2 aromatic heterocycles. The number of hydrogen-bond acceptors (Lipinski definition) is 6. The van der Waals surface area contributed by atoms with Gasteiger partial charge in [0, 0.05) is 12.1 Å². The summed E-state index contributed by atoms with van der Waals surface area (Å²) in [7, 11) is 18.0. The first-order chi connectivity index (χ1) is 29.7. The maximum atomic E-state index is 5.97. The molecule has 6 nitrogen and oxygen atoms in total. The second-order valence-corrected chi connectivity index (χ2v) is 38.5. The predicted octanol–water partition coefficient (Wildman–Crippen LogP) is 15.5. The second-order valence-electron chi connectivity index (χ2n) is 15.6. The van der Waals surface area contributed by atoms with Gasteiger partial charge in [0.1, 0.15) is 23.0 Å². The molecule has 324 valence electrons. The zero-order valence-corrected chi connectivity index (χ0v) is 42.8. The van der Waals surface area contributed by atoms with E-state index in [4.69, 9.17) is 44.8 Å². The first kappa shape index (κ1) is 47.0. The molecule has 8 aromatic rings. The van der Waals surface area contributed by atoms with E-state index in [9.17, 15) is 0 Å². The molecule has 2 heterocycles. The molecule has 0 atom stereocenters. The monoisotopic (exact) mass is 964 g/mol. The van der Waals surface area contributed by atoms with Gasteiger partial charge in [-0.3, -0.25) is 0 Å². The average Bonchev–Trinajstić information content (AvgIpc) is 4.07. The van der Waals surface area contributed by atoms with Gasteiger partial charge in [0.05, 0.1) is 51.5 Å². The van der Waals surface area contributed by atoms with Gasteiger partial charge in [0.15, 0.2) is 0 Å².